The van der Waals surface area contributed by atoms with Crippen molar-refractivity contribution in [1.82, 2.24) is 15.5 Å². The molecule has 2 amide bonds. The van der Waals surface area contributed by atoms with E-state index in [4.69, 9.17) is 9.47 Å². The van der Waals surface area contributed by atoms with Gasteiger partial charge in [0.1, 0.15) is 11.0 Å². The zero-order valence-electron chi connectivity index (χ0n) is 17.8. The summed E-state index contributed by atoms with van der Waals surface area (Å²) in [5, 5.41) is 14.9. The number of nitrogens with zero attached hydrogens (tertiary/aromatic N) is 2. The van der Waals surface area contributed by atoms with E-state index < -0.39 is 6.04 Å². The molecule has 2 heterocycles. The van der Waals surface area contributed by atoms with Crippen molar-refractivity contribution in [3.63, 3.8) is 0 Å². The van der Waals surface area contributed by atoms with E-state index in [0.29, 0.717) is 34.5 Å². The first kappa shape index (κ1) is 21.8. The molecule has 0 saturated carbocycles. The number of rotatable bonds is 8. The van der Waals surface area contributed by atoms with E-state index in [0.717, 1.165) is 11.1 Å². The topological polar surface area (TPSA) is 102 Å². The van der Waals surface area contributed by atoms with Gasteiger partial charge in [0.15, 0.2) is 11.5 Å². The molecule has 2 N–H and O–H groups in total. The Kier molecular flexibility index (Phi) is 6.65. The van der Waals surface area contributed by atoms with Gasteiger partial charge in [-0.15, -0.1) is 10.2 Å². The quantitative estimate of drug-likeness (QED) is 0.541. The molecule has 1 aromatic heterocycles. The van der Waals surface area contributed by atoms with Crippen LogP contribution in [0.5, 0.6) is 11.5 Å². The third kappa shape index (κ3) is 5.42. The van der Waals surface area contributed by atoms with Crippen LogP contribution in [0, 0.1) is 5.92 Å². The van der Waals surface area contributed by atoms with Gasteiger partial charge in [0.25, 0.3) is 0 Å². The summed E-state index contributed by atoms with van der Waals surface area (Å²) in [5.41, 5.74) is 1.77. The highest BCUT2D eigenvalue weighted by Crippen LogP contribution is 2.37. The van der Waals surface area contributed by atoms with Crippen LogP contribution in [0.1, 0.15) is 25.8 Å². The number of aromatic nitrogens is 2. The summed E-state index contributed by atoms with van der Waals surface area (Å²) in [4.78, 5) is 25.4. The van der Waals surface area contributed by atoms with Crippen LogP contribution in [0.2, 0.25) is 0 Å². The molecule has 0 saturated heterocycles. The Labute approximate surface area is 190 Å². The summed E-state index contributed by atoms with van der Waals surface area (Å²) in [6.45, 7) is 4.12. The second kappa shape index (κ2) is 9.78. The molecule has 1 atom stereocenters. The van der Waals surface area contributed by atoms with Gasteiger partial charge in [-0.05, 0) is 29.7 Å². The van der Waals surface area contributed by atoms with Crippen LogP contribution in [0.25, 0.3) is 10.6 Å². The van der Waals surface area contributed by atoms with Crippen molar-refractivity contribution in [2.75, 3.05) is 12.1 Å². The Morgan fingerprint density at radius 2 is 1.84 bits per heavy atom. The highest BCUT2D eigenvalue weighted by atomic mass is 32.1. The second-order valence-corrected chi connectivity index (χ2v) is 8.85. The van der Waals surface area contributed by atoms with Gasteiger partial charge < -0.3 is 14.8 Å². The van der Waals surface area contributed by atoms with E-state index in [-0.39, 0.29) is 24.5 Å². The summed E-state index contributed by atoms with van der Waals surface area (Å²) in [5.74, 6) is 1.04. The minimum Gasteiger partial charge on any atom is -0.454 e. The fourth-order valence-electron chi connectivity index (χ4n) is 3.30. The zero-order valence-corrected chi connectivity index (χ0v) is 18.6. The number of fused-ring (bicyclic) bond motifs is 1. The predicted octanol–water partition coefficient (Wildman–Crippen LogP) is 3.65. The summed E-state index contributed by atoms with van der Waals surface area (Å²) < 4.78 is 10.7. The highest BCUT2D eigenvalue weighted by molar-refractivity contribution is 7.18. The number of nitrogens with one attached hydrogen (secondary N) is 2. The van der Waals surface area contributed by atoms with Gasteiger partial charge in [-0.2, -0.15) is 0 Å². The van der Waals surface area contributed by atoms with E-state index in [1.165, 1.54) is 11.3 Å². The molecule has 0 bridgehead atoms. The smallest absolute Gasteiger partial charge is 0.249 e. The molecule has 32 heavy (non-hydrogen) atoms. The number of hydrogen-bond donors (Lipinski definition) is 2. The van der Waals surface area contributed by atoms with Gasteiger partial charge in [0.05, 0.1) is 0 Å². The summed E-state index contributed by atoms with van der Waals surface area (Å²) >= 11 is 1.25. The van der Waals surface area contributed by atoms with Crippen LogP contribution in [0.15, 0.2) is 48.5 Å². The average molecular weight is 453 g/mol. The van der Waals surface area contributed by atoms with Gasteiger partial charge in [-0.1, -0.05) is 55.5 Å². The fourth-order valence-corrected chi connectivity index (χ4v) is 4.04. The van der Waals surface area contributed by atoms with Gasteiger partial charge in [0, 0.05) is 18.4 Å². The van der Waals surface area contributed by atoms with Crippen molar-refractivity contribution in [3.05, 3.63) is 54.1 Å². The molecule has 1 unspecified atom stereocenters. The minimum atomic E-state index is -0.721. The Morgan fingerprint density at radius 1 is 1.06 bits per heavy atom. The number of ether oxygens (including phenoxy) is 2. The third-order valence-electron chi connectivity index (χ3n) is 4.80. The third-order valence-corrected chi connectivity index (χ3v) is 5.69. The number of benzene rings is 2. The van der Waals surface area contributed by atoms with Crippen molar-refractivity contribution in [2.24, 2.45) is 5.92 Å². The second-order valence-electron chi connectivity index (χ2n) is 7.88. The molecular formula is C23H24N4O4S. The van der Waals surface area contributed by atoms with Crippen LogP contribution < -0.4 is 20.1 Å². The first-order valence-electron chi connectivity index (χ1n) is 10.4. The van der Waals surface area contributed by atoms with Crippen molar-refractivity contribution in [2.45, 2.75) is 32.7 Å². The van der Waals surface area contributed by atoms with E-state index in [1.54, 1.807) is 0 Å². The summed E-state index contributed by atoms with van der Waals surface area (Å²) in [6, 6.07) is 14.4. The molecule has 2 aromatic carbocycles. The molecule has 3 aromatic rings. The maximum atomic E-state index is 13.0. The molecule has 0 spiro atoms. The molecule has 9 heteroatoms. The van der Waals surface area contributed by atoms with Crippen molar-refractivity contribution in [3.8, 4) is 22.1 Å². The lowest BCUT2D eigenvalue weighted by molar-refractivity contribution is -0.127. The molecule has 0 radical (unpaired) electrons. The summed E-state index contributed by atoms with van der Waals surface area (Å²) in [7, 11) is 0. The predicted molar refractivity (Wildman–Crippen MR) is 122 cm³/mol. The lowest BCUT2D eigenvalue weighted by Gasteiger charge is -2.18. The van der Waals surface area contributed by atoms with Crippen LogP contribution in [-0.4, -0.2) is 34.8 Å². The Morgan fingerprint density at radius 3 is 2.62 bits per heavy atom. The van der Waals surface area contributed by atoms with E-state index in [9.17, 15) is 9.59 Å². The first-order valence-corrected chi connectivity index (χ1v) is 11.2. The van der Waals surface area contributed by atoms with Crippen LogP contribution in [-0.2, 0) is 16.0 Å². The summed E-state index contributed by atoms with van der Waals surface area (Å²) in [6.07, 6.45) is 0.732. The van der Waals surface area contributed by atoms with Gasteiger partial charge in [-0.3, -0.25) is 14.9 Å². The maximum absolute atomic E-state index is 13.0. The molecule has 8 nitrogen and oxygen atoms in total. The number of amides is 2. The molecule has 1 aliphatic rings. The average Bonchev–Trinajstić information content (AvgIpc) is 3.42. The lowest BCUT2D eigenvalue weighted by atomic mass is 10.0. The number of carbonyl (C=O) groups excluding carboxylic acids is 2. The SMILES string of the molecule is CC(C)CC(=O)NC(Cc1ccccc1)C(=O)Nc1nnc(-c2ccc3c(c2)OCO3)s1. The normalized spacial score (nSPS) is 13.1. The molecule has 166 valence electrons. The van der Waals surface area contributed by atoms with Crippen molar-refractivity contribution < 1.29 is 19.1 Å². The minimum absolute atomic E-state index is 0.158. The van der Waals surface area contributed by atoms with Gasteiger partial charge in [0.2, 0.25) is 23.7 Å². The molecule has 1 aliphatic heterocycles. The van der Waals surface area contributed by atoms with E-state index in [1.807, 2.05) is 62.4 Å². The van der Waals surface area contributed by atoms with E-state index in [2.05, 4.69) is 20.8 Å². The molecule has 0 fully saturated rings. The molecular weight excluding hydrogens is 428 g/mol. The standard InChI is InChI=1S/C23H24N4O4S/c1-14(2)10-20(28)24-17(11-15-6-4-3-5-7-15)21(29)25-23-27-26-22(32-23)16-8-9-18-19(12-16)31-13-30-18/h3-9,12,14,17H,10-11,13H2,1-2H3,(H,24,28)(H,25,27,29). The van der Waals surface area contributed by atoms with Crippen molar-refractivity contribution >= 4 is 28.3 Å². The zero-order chi connectivity index (χ0) is 22.5. The molecule has 0 aliphatic carbocycles. The van der Waals surface area contributed by atoms with Crippen LogP contribution in [0.4, 0.5) is 5.13 Å². The Hall–Kier alpha value is -3.46. The Bertz CT molecular complexity index is 1100. The van der Waals surface area contributed by atoms with E-state index >= 15 is 0 Å². The lowest BCUT2D eigenvalue weighted by Crippen LogP contribution is -2.45. The van der Waals surface area contributed by atoms with Gasteiger partial charge in [-0.25, -0.2) is 0 Å². The van der Waals surface area contributed by atoms with Gasteiger partial charge >= 0.3 is 0 Å². The largest absolute Gasteiger partial charge is 0.454 e. The monoisotopic (exact) mass is 452 g/mol. The highest BCUT2D eigenvalue weighted by Gasteiger charge is 2.23. The maximum Gasteiger partial charge on any atom is 0.249 e. The number of carbonyl (C=O) groups is 2. The van der Waals surface area contributed by atoms with Crippen LogP contribution in [0.3, 0.4) is 0 Å². The number of hydrogen-bond acceptors (Lipinski definition) is 7. The fraction of sp³-hybridized carbons (Fsp3) is 0.304. The van der Waals surface area contributed by atoms with Crippen LogP contribution >= 0.6 is 11.3 Å². The van der Waals surface area contributed by atoms with Crippen molar-refractivity contribution in [1.29, 1.82) is 0 Å². The Balaban J connectivity index is 1.47. The first-order chi connectivity index (χ1) is 15.5. The number of anilines is 1. The molecule has 4 rings (SSSR count).